The predicted octanol–water partition coefficient (Wildman–Crippen LogP) is -0.388. The van der Waals surface area contributed by atoms with E-state index in [1.807, 2.05) is 0 Å². The Morgan fingerprint density at radius 2 is 1.00 bits per heavy atom. The van der Waals surface area contributed by atoms with Gasteiger partial charge in [-0.1, -0.05) is 0 Å². The maximum atomic E-state index is 0. The van der Waals surface area contributed by atoms with Crippen LogP contribution in [0.4, 0.5) is 0 Å². The second-order valence-electron chi connectivity index (χ2n) is 0. The average molecular weight is 593 g/mol. The van der Waals surface area contributed by atoms with Crippen LogP contribution in [-0.2, 0) is 62.0 Å². The summed E-state index contributed by atoms with van der Waals surface area (Å²) in [5.41, 5.74) is 0. The first-order valence-electron chi connectivity index (χ1n) is 0. The van der Waals surface area contributed by atoms with Crippen LogP contribution in [0.5, 0.6) is 0 Å². The van der Waals surface area contributed by atoms with Crippen molar-refractivity contribution in [1.82, 2.24) is 0 Å². The summed E-state index contributed by atoms with van der Waals surface area (Å²) in [6, 6.07) is 0. The van der Waals surface area contributed by atoms with Crippen LogP contribution in [0, 0.1) is 0 Å². The van der Waals surface area contributed by atoms with Crippen LogP contribution in [0.15, 0.2) is 0 Å². The fourth-order valence-corrected chi connectivity index (χ4v) is 0. The molecule has 0 aliphatic carbocycles. The third-order valence-corrected chi connectivity index (χ3v) is 0. The van der Waals surface area contributed by atoms with E-state index in [4.69, 9.17) is 0 Å². The van der Waals surface area contributed by atoms with Gasteiger partial charge < -0.3 is 0 Å². The van der Waals surface area contributed by atoms with E-state index in [1.54, 1.807) is 0 Å². The van der Waals surface area contributed by atoms with Crippen molar-refractivity contribution < 1.29 is 62.0 Å². The number of rotatable bonds is 0. The SMILES string of the molecule is [Ir].[Ru].[Sn].[Ta]. The van der Waals surface area contributed by atoms with Crippen molar-refractivity contribution in [3.8, 4) is 0 Å². The topological polar surface area (TPSA) is 0 Å². The normalized spacial score (nSPS) is 0. The Hall–Kier alpha value is 2.81. The molecule has 0 fully saturated rings. The van der Waals surface area contributed by atoms with Gasteiger partial charge >= 0.3 is 0 Å². The molecule has 0 aromatic heterocycles. The summed E-state index contributed by atoms with van der Waals surface area (Å²) in [4.78, 5) is 0. The maximum Gasteiger partial charge on any atom is 0 e. The maximum absolute atomic E-state index is 0. The summed E-state index contributed by atoms with van der Waals surface area (Å²) in [7, 11) is 0. The zero-order valence-corrected chi connectivity index (χ0v) is 11.8. The molecule has 0 aliphatic rings. The minimum Gasteiger partial charge on any atom is 0 e. The smallest absolute Gasteiger partial charge is 0 e. The quantitative estimate of drug-likeness (QED) is 0.337. The first-order chi connectivity index (χ1) is 0. The molecule has 0 heterocycles. The third kappa shape index (κ3) is 8.84. The average Bonchev–Trinajstić information content (AvgIpc) is 0. The van der Waals surface area contributed by atoms with Crippen molar-refractivity contribution >= 4 is 23.9 Å². The number of hydrogen-bond donors (Lipinski definition) is 0. The minimum atomic E-state index is 0. The molecule has 0 nitrogen and oxygen atoms in total. The minimum absolute atomic E-state index is 0. The second-order valence-corrected chi connectivity index (χ2v) is 0. The van der Waals surface area contributed by atoms with Crippen LogP contribution < -0.4 is 0 Å². The van der Waals surface area contributed by atoms with Gasteiger partial charge in [0.05, 0.1) is 0 Å². The largest absolute Gasteiger partial charge is 0 e. The Morgan fingerprint density at radius 3 is 1.00 bits per heavy atom. The van der Waals surface area contributed by atoms with Gasteiger partial charge in [0.15, 0.2) is 0 Å². The van der Waals surface area contributed by atoms with Crippen molar-refractivity contribution in [1.29, 1.82) is 0 Å². The summed E-state index contributed by atoms with van der Waals surface area (Å²) in [5, 5.41) is 0. The molecule has 0 atom stereocenters. The van der Waals surface area contributed by atoms with Gasteiger partial charge in [0, 0.05) is 85.9 Å². The van der Waals surface area contributed by atoms with Crippen LogP contribution >= 0.6 is 0 Å². The van der Waals surface area contributed by atoms with Crippen LogP contribution in [0.3, 0.4) is 0 Å². The molecule has 0 aromatic carbocycles. The van der Waals surface area contributed by atoms with E-state index in [9.17, 15) is 0 Å². The van der Waals surface area contributed by atoms with Crippen LogP contribution in [0.1, 0.15) is 0 Å². The Morgan fingerprint density at radius 1 is 1.00 bits per heavy atom. The van der Waals surface area contributed by atoms with E-state index >= 15 is 0 Å². The first-order valence-corrected chi connectivity index (χ1v) is 0. The molecule has 4 heavy (non-hydrogen) atoms. The van der Waals surface area contributed by atoms with Gasteiger partial charge in [0.1, 0.15) is 0 Å². The Kier molecular flexibility index (Phi) is 124. The molecule has 0 saturated carbocycles. The molecule has 0 rings (SSSR count). The van der Waals surface area contributed by atoms with E-state index in [-0.39, 0.29) is 85.9 Å². The standard InChI is InChI=1S/Ir.Ru.Sn.Ta. The van der Waals surface area contributed by atoms with Gasteiger partial charge in [-0.3, -0.25) is 0 Å². The predicted molar refractivity (Wildman–Crippen MR) is 5.75 cm³/mol. The van der Waals surface area contributed by atoms with Gasteiger partial charge in [-0.2, -0.15) is 0 Å². The van der Waals surface area contributed by atoms with E-state index in [2.05, 4.69) is 0 Å². The first kappa shape index (κ1) is 29.1. The summed E-state index contributed by atoms with van der Waals surface area (Å²) in [5.74, 6) is 0. The molecular formula is IrRuSnTa. The summed E-state index contributed by atoms with van der Waals surface area (Å²) in [6.45, 7) is 0. The third-order valence-electron chi connectivity index (χ3n) is 0. The zero-order chi connectivity index (χ0) is 0. The van der Waals surface area contributed by atoms with Crippen molar-refractivity contribution in [3.63, 3.8) is 0 Å². The summed E-state index contributed by atoms with van der Waals surface area (Å²) in [6.07, 6.45) is 0. The molecule has 0 N–H and O–H groups in total. The van der Waals surface area contributed by atoms with E-state index < -0.39 is 0 Å². The fraction of sp³-hybridized carbons (Fsp3) is 0. The van der Waals surface area contributed by atoms with Crippen molar-refractivity contribution in [2.45, 2.75) is 0 Å². The van der Waals surface area contributed by atoms with Gasteiger partial charge in [-0.05, 0) is 0 Å². The zero-order valence-electron chi connectivity index (χ0n) is 1.63. The summed E-state index contributed by atoms with van der Waals surface area (Å²) < 4.78 is 0. The Bertz CT molecular complexity index is 8.00. The molecule has 0 bridgehead atoms. The van der Waals surface area contributed by atoms with Crippen molar-refractivity contribution in [3.05, 3.63) is 0 Å². The summed E-state index contributed by atoms with van der Waals surface area (Å²) >= 11 is 0. The molecule has 4 heteroatoms. The van der Waals surface area contributed by atoms with Crippen LogP contribution in [0.25, 0.3) is 0 Å². The molecular weight excluding hydrogens is 593 g/mol. The van der Waals surface area contributed by atoms with Crippen LogP contribution in [0.2, 0.25) is 0 Å². The van der Waals surface area contributed by atoms with Crippen LogP contribution in [-0.4, -0.2) is 23.9 Å². The molecule has 0 saturated heterocycles. The van der Waals surface area contributed by atoms with E-state index in [0.717, 1.165) is 0 Å². The van der Waals surface area contributed by atoms with Crippen molar-refractivity contribution in [2.24, 2.45) is 0 Å². The second kappa shape index (κ2) is 17.0. The molecule has 6 radical (unpaired) electrons. The van der Waals surface area contributed by atoms with Crippen molar-refractivity contribution in [2.75, 3.05) is 0 Å². The molecule has 0 spiro atoms. The van der Waals surface area contributed by atoms with Gasteiger partial charge in [-0.25, -0.2) is 0 Å². The Balaban J connectivity index is 0. The number of hydrogen-bond acceptors (Lipinski definition) is 0. The van der Waals surface area contributed by atoms with Gasteiger partial charge in [0.25, 0.3) is 0 Å². The monoisotopic (exact) mass is 596 g/mol. The molecule has 0 aliphatic heterocycles. The molecule has 0 aromatic rings. The molecule has 0 unspecified atom stereocenters. The fourth-order valence-electron chi connectivity index (χ4n) is 0. The van der Waals surface area contributed by atoms with E-state index in [0.29, 0.717) is 0 Å². The Labute approximate surface area is 84.4 Å². The molecule has 0 amide bonds. The van der Waals surface area contributed by atoms with Gasteiger partial charge in [0.2, 0.25) is 0 Å². The van der Waals surface area contributed by atoms with Gasteiger partial charge in [-0.15, -0.1) is 0 Å². The van der Waals surface area contributed by atoms with E-state index in [1.165, 1.54) is 0 Å². The molecule has 26 valence electrons.